The average molecular weight is 232 g/mol. The van der Waals surface area contributed by atoms with E-state index in [-0.39, 0.29) is 11.1 Å². The van der Waals surface area contributed by atoms with Crippen molar-refractivity contribution in [2.75, 3.05) is 0 Å². The van der Waals surface area contributed by atoms with Gasteiger partial charge in [-0.15, -0.1) is 0 Å². The molecule has 86 valence electrons. The largest absolute Gasteiger partial charge is 0.504 e. The predicted molar refractivity (Wildman–Crippen MR) is 58.8 cm³/mol. The quantitative estimate of drug-likeness (QED) is 0.267. The van der Waals surface area contributed by atoms with E-state index in [1.165, 1.54) is 0 Å². The molecule has 0 amide bonds. The van der Waals surface area contributed by atoms with Crippen molar-refractivity contribution in [3.63, 3.8) is 0 Å². The molecule has 0 aliphatic heterocycles. The first-order valence-corrected chi connectivity index (χ1v) is 4.41. The Morgan fingerprint density at radius 1 is 1.29 bits per heavy atom. The molecule has 1 aromatic rings. The number of nitrogens with zero attached hydrogens (tertiary/aromatic N) is 1. The summed E-state index contributed by atoms with van der Waals surface area (Å²) in [6.45, 7) is 0. The second-order valence-corrected chi connectivity index (χ2v) is 3.09. The number of benzene rings is 1. The van der Waals surface area contributed by atoms with Gasteiger partial charge < -0.3 is 20.7 Å². The highest BCUT2D eigenvalue weighted by molar-refractivity contribution is 6.36. The van der Waals surface area contributed by atoms with Crippen LogP contribution < -0.4 is 0 Å². The van der Waals surface area contributed by atoms with Gasteiger partial charge in [0.1, 0.15) is 11.6 Å². The Morgan fingerprint density at radius 3 is 2.24 bits per heavy atom. The van der Waals surface area contributed by atoms with Gasteiger partial charge in [0.05, 0.1) is 6.21 Å². The Bertz CT molecular complexity index is 532. The number of ketones is 1. The minimum Gasteiger partial charge on any atom is -0.504 e. The third kappa shape index (κ3) is 2.60. The van der Waals surface area contributed by atoms with Gasteiger partial charge in [0.25, 0.3) is 0 Å². The molecular weight excluding hydrogens is 224 g/mol. The number of carbonyl (C=O) groups excluding carboxylic acids is 1. The minimum absolute atomic E-state index is 0.157. The number of allylic oxidation sites excluding steroid dienone is 1. The van der Waals surface area contributed by atoms with Crippen LogP contribution in [0.2, 0.25) is 0 Å². The van der Waals surface area contributed by atoms with Crippen LogP contribution in [0.25, 0.3) is 6.08 Å². The van der Waals surface area contributed by atoms with Crippen LogP contribution in [-0.2, 0) is 4.79 Å². The monoisotopic (exact) mass is 232 g/mol. The molecule has 0 saturated heterocycles. The number of nitrogens with one attached hydrogen (secondary N) is 1. The number of phenolic OH excluding ortho intramolecular Hbond substituents is 3. The van der Waals surface area contributed by atoms with Crippen molar-refractivity contribution in [3.8, 4) is 23.3 Å². The van der Waals surface area contributed by atoms with Gasteiger partial charge in [-0.3, -0.25) is 4.79 Å². The smallest absolute Gasteiger partial charge is 0.213 e. The van der Waals surface area contributed by atoms with Crippen molar-refractivity contribution in [1.82, 2.24) is 0 Å². The lowest BCUT2D eigenvalue weighted by Gasteiger charge is -2.02. The summed E-state index contributed by atoms with van der Waals surface area (Å²) in [5.41, 5.74) is -0.158. The minimum atomic E-state index is -0.792. The lowest BCUT2D eigenvalue weighted by molar-refractivity contribution is -0.109. The van der Waals surface area contributed by atoms with Crippen LogP contribution in [0.5, 0.6) is 17.2 Å². The van der Waals surface area contributed by atoms with Crippen molar-refractivity contribution < 1.29 is 20.1 Å². The summed E-state index contributed by atoms with van der Waals surface area (Å²) in [4.78, 5) is 11.1. The maximum Gasteiger partial charge on any atom is 0.213 e. The Hall–Kier alpha value is -2.81. The molecule has 0 radical (unpaired) electrons. The Kier molecular flexibility index (Phi) is 3.47. The fraction of sp³-hybridized carbons (Fsp3) is 0. The Labute approximate surface area is 96.2 Å². The van der Waals surface area contributed by atoms with Crippen molar-refractivity contribution in [2.45, 2.75) is 0 Å². The van der Waals surface area contributed by atoms with E-state index in [0.29, 0.717) is 6.21 Å². The van der Waals surface area contributed by atoms with Crippen LogP contribution in [-0.4, -0.2) is 27.3 Å². The summed E-state index contributed by atoms with van der Waals surface area (Å²) in [6, 6.07) is 3.74. The molecule has 0 fully saturated rings. The van der Waals surface area contributed by atoms with Crippen LogP contribution in [0.3, 0.4) is 0 Å². The van der Waals surface area contributed by atoms with Gasteiger partial charge >= 0.3 is 0 Å². The molecular formula is C11H8N2O4. The predicted octanol–water partition coefficient (Wildman–Crippen LogP) is 0.929. The highest BCUT2D eigenvalue weighted by Gasteiger charge is 2.10. The highest BCUT2D eigenvalue weighted by Crippen LogP contribution is 2.35. The van der Waals surface area contributed by atoms with Gasteiger partial charge in [-0.05, 0) is 23.8 Å². The summed E-state index contributed by atoms with van der Waals surface area (Å²) in [6.07, 6.45) is 1.57. The van der Waals surface area contributed by atoms with E-state index in [4.69, 9.17) is 15.8 Å². The molecule has 17 heavy (non-hydrogen) atoms. The SMILES string of the molecule is N#CC(=Cc1cc(O)c(O)c(O)c1)C(=O)C=N. The van der Waals surface area contributed by atoms with E-state index in [0.717, 1.165) is 18.2 Å². The van der Waals surface area contributed by atoms with E-state index in [9.17, 15) is 15.0 Å². The first-order valence-electron chi connectivity index (χ1n) is 4.41. The van der Waals surface area contributed by atoms with Gasteiger partial charge in [-0.2, -0.15) is 5.26 Å². The first kappa shape index (κ1) is 12.3. The molecule has 0 aromatic heterocycles. The van der Waals surface area contributed by atoms with Crippen LogP contribution in [0, 0.1) is 16.7 Å². The number of carbonyl (C=O) groups is 1. The Morgan fingerprint density at radius 2 is 1.82 bits per heavy atom. The normalized spacial score (nSPS) is 10.6. The van der Waals surface area contributed by atoms with E-state index in [1.54, 1.807) is 6.07 Å². The summed E-state index contributed by atoms with van der Waals surface area (Å²) in [5.74, 6) is -2.62. The van der Waals surface area contributed by atoms with Crippen molar-refractivity contribution in [3.05, 3.63) is 23.3 Å². The van der Waals surface area contributed by atoms with Gasteiger partial charge in [-0.1, -0.05) is 0 Å². The second-order valence-electron chi connectivity index (χ2n) is 3.09. The number of rotatable bonds is 3. The van der Waals surface area contributed by atoms with Crippen LogP contribution in [0.4, 0.5) is 0 Å². The van der Waals surface area contributed by atoms with Crippen LogP contribution >= 0.6 is 0 Å². The van der Waals surface area contributed by atoms with Crippen molar-refractivity contribution in [2.24, 2.45) is 0 Å². The molecule has 0 aliphatic carbocycles. The molecule has 0 spiro atoms. The molecule has 0 bridgehead atoms. The van der Waals surface area contributed by atoms with Crippen molar-refractivity contribution >= 4 is 18.1 Å². The van der Waals surface area contributed by atoms with Crippen LogP contribution in [0.15, 0.2) is 17.7 Å². The van der Waals surface area contributed by atoms with Gasteiger partial charge in [0.2, 0.25) is 5.78 Å². The van der Waals surface area contributed by atoms with E-state index in [1.807, 2.05) is 0 Å². The lowest BCUT2D eigenvalue weighted by Crippen LogP contribution is -2.00. The molecule has 4 N–H and O–H groups in total. The van der Waals surface area contributed by atoms with Gasteiger partial charge in [0.15, 0.2) is 17.2 Å². The van der Waals surface area contributed by atoms with E-state index >= 15 is 0 Å². The third-order valence-electron chi connectivity index (χ3n) is 1.92. The van der Waals surface area contributed by atoms with Gasteiger partial charge in [-0.25, -0.2) is 0 Å². The standard InChI is InChI=1S/C11H8N2O4/c12-4-7(10(16)5-13)1-6-2-8(14)11(17)9(15)3-6/h1-3,5,13-15,17H. The molecule has 0 atom stereocenters. The fourth-order valence-corrected chi connectivity index (χ4v) is 1.11. The number of aromatic hydroxyl groups is 3. The summed E-state index contributed by atoms with van der Waals surface area (Å²) in [5, 5.41) is 42.9. The molecule has 0 heterocycles. The summed E-state index contributed by atoms with van der Waals surface area (Å²) in [7, 11) is 0. The highest BCUT2D eigenvalue weighted by atomic mass is 16.3. The summed E-state index contributed by atoms with van der Waals surface area (Å²) < 4.78 is 0. The zero-order valence-electron chi connectivity index (χ0n) is 8.51. The maximum atomic E-state index is 11.1. The molecule has 1 aromatic carbocycles. The molecule has 0 aliphatic rings. The fourth-order valence-electron chi connectivity index (χ4n) is 1.11. The molecule has 0 saturated carbocycles. The van der Waals surface area contributed by atoms with E-state index in [2.05, 4.69) is 0 Å². The molecule has 1 rings (SSSR count). The lowest BCUT2D eigenvalue weighted by atomic mass is 10.1. The van der Waals surface area contributed by atoms with Gasteiger partial charge in [0, 0.05) is 0 Å². The molecule has 6 nitrogen and oxygen atoms in total. The summed E-state index contributed by atoms with van der Waals surface area (Å²) >= 11 is 0. The van der Waals surface area contributed by atoms with Crippen LogP contribution in [0.1, 0.15) is 5.56 Å². The topological polar surface area (TPSA) is 125 Å². The second kappa shape index (κ2) is 4.81. The average Bonchev–Trinajstić information content (AvgIpc) is 2.31. The number of hydrogen-bond acceptors (Lipinski definition) is 6. The number of hydrogen-bond donors (Lipinski definition) is 4. The Balaban J connectivity index is 3.27. The third-order valence-corrected chi connectivity index (χ3v) is 1.92. The molecule has 6 heteroatoms. The van der Waals surface area contributed by atoms with Crippen molar-refractivity contribution in [1.29, 1.82) is 10.7 Å². The maximum absolute atomic E-state index is 11.1. The van der Waals surface area contributed by atoms with E-state index < -0.39 is 23.0 Å². The zero-order valence-corrected chi connectivity index (χ0v) is 8.51. The number of Topliss-reactive ketones (excluding diaryl/α,β-unsaturated/α-hetero) is 1. The zero-order chi connectivity index (χ0) is 13.0. The number of phenols is 3. The molecule has 0 unspecified atom stereocenters. The number of nitriles is 1. The first-order chi connectivity index (χ1) is 7.99.